The summed E-state index contributed by atoms with van der Waals surface area (Å²) in [5.74, 6) is -1.02. The van der Waals surface area contributed by atoms with Crippen LogP contribution in [0.4, 0.5) is 14.5 Å². The third-order valence-corrected chi connectivity index (χ3v) is 4.53. The molecule has 30 heavy (non-hydrogen) atoms. The topological polar surface area (TPSA) is 94.9 Å². The lowest BCUT2D eigenvalue weighted by molar-refractivity contribution is -0.0512. The molecular weight excluding hydrogens is 402 g/mol. The maximum absolute atomic E-state index is 13.0. The molecular formula is C19H22F2N4O5. The summed E-state index contributed by atoms with van der Waals surface area (Å²) in [7, 11) is 1.28. The minimum Gasteiger partial charge on any atom is -0.493 e. The molecule has 2 heterocycles. The number of hydrogen-bond donors (Lipinski definition) is 1. The number of amides is 2. The van der Waals surface area contributed by atoms with Gasteiger partial charge in [0.2, 0.25) is 0 Å². The van der Waals surface area contributed by atoms with Gasteiger partial charge in [-0.05, 0) is 25.1 Å². The van der Waals surface area contributed by atoms with Gasteiger partial charge in [0.05, 0.1) is 32.2 Å². The van der Waals surface area contributed by atoms with Gasteiger partial charge in [0.15, 0.2) is 11.5 Å². The first-order chi connectivity index (χ1) is 14.4. The van der Waals surface area contributed by atoms with Gasteiger partial charge in [0.1, 0.15) is 5.69 Å². The number of aryl methyl sites for hydroxylation is 1. The number of carbonyl (C=O) groups is 2. The van der Waals surface area contributed by atoms with Crippen LogP contribution in [0.2, 0.25) is 0 Å². The predicted octanol–water partition coefficient (Wildman–Crippen LogP) is 2.24. The van der Waals surface area contributed by atoms with Crippen molar-refractivity contribution in [2.45, 2.75) is 20.1 Å². The number of morpholine rings is 1. The Labute approximate surface area is 171 Å². The highest BCUT2D eigenvalue weighted by atomic mass is 19.3. The van der Waals surface area contributed by atoms with Crippen molar-refractivity contribution < 1.29 is 32.6 Å². The van der Waals surface area contributed by atoms with Crippen LogP contribution in [0.15, 0.2) is 24.4 Å². The highest BCUT2D eigenvalue weighted by molar-refractivity contribution is 6.08. The number of carbonyl (C=O) groups excluding carboxylic acids is 2. The number of anilines is 1. The highest BCUT2D eigenvalue weighted by Gasteiger charge is 2.26. The lowest BCUT2D eigenvalue weighted by atomic mass is 10.1. The Morgan fingerprint density at radius 2 is 2.00 bits per heavy atom. The van der Waals surface area contributed by atoms with Crippen molar-refractivity contribution in [3.05, 3.63) is 35.7 Å². The molecule has 1 saturated heterocycles. The fourth-order valence-electron chi connectivity index (χ4n) is 3.06. The van der Waals surface area contributed by atoms with E-state index in [0.29, 0.717) is 32.8 Å². The van der Waals surface area contributed by atoms with E-state index in [0.717, 1.165) is 0 Å². The van der Waals surface area contributed by atoms with E-state index in [4.69, 9.17) is 9.47 Å². The number of hydrogen-bond acceptors (Lipinski definition) is 6. The lowest BCUT2D eigenvalue weighted by Gasteiger charge is -2.27. The van der Waals surface area contributed by atoms with Gasteiger partial charge in [-0.2, -0.15) is 13.9 Å². The Hall–Kier alpha value is -3.21. The Morgan fingerprint density at radius 1 is 1.27 bits per heavy atom. The monoisotopic (exact) mass is 424 g/mol. The maximum atomic E-state index is 13.0. The van der Waals surface area contributed by atoms with Crippen LogP contribution in [-0.4, -0.2) is 66.5 Å². The van der Waals surface area contributed by atoms with Gasteiger partial charge >= 0.3 is 6.61 Å². The fourth-order valence-corrected chi connectivity index (χ4v) is 3.06. The fraction of sp³-hybridized carbons (Fsp3) is 0.421. The van der Waals surface area contributed by atoms with Gasteiger partial charge in [-0.1, -0.05) is 0 Å². The zero-order chi connectivity index (χ0) is 21.7. The van der Waals surface area contributed by atoms with Gasteiger partial charge in [-0.25, -0.2) is 0 Å². The van der Waals surface area contributed by atoms with Gasteiger partial charge in [0, 0.05) is 25.2 Å². The average Bonchev–Trinajstić information content (AvgIpc) is 3.16. The highest BCUT2D eigenvalue weighted by Crippen LogP contribution is 2.30. The van der Waals surface area contributed by atoms with E-state index in [1.165, 1.54) is 36.2 Å². The normalized spacial score (nSPS) is 14.0. The molecule has 1 N–H and O–H groups in total. The number of halogens is 2. The van der Waals surface area contributed by atoms with Crippen molar-refractivity contribution in [3.63, 3.8) is 0 Å². The average molecular weight is 424 g/mol. The zero-order valence-electron chi connectivity index (χ0n) is 16.6. The van der Waals surface area contributed by atoms with Gasteiger partial charge < -0.3 is 24.4 Å². The Morgan fingerprint density at radius 3 is 2.63 bits per heavy atom. The van der Waals surface area contributed by atoms with Crippen LogP contribution < -0.4 is 14.8 Å². The summed E-state index contributed by atoms with van der Waals surface area (Å²) < 4.78 is 41.1. The molecule has 0 saturated carbocycles. The minimum atomic E-state index is -3.02. The smallest absolute Gasteiger partial charge is 0.387 e. The second-order valence-corrected chi connectivity index (χ2v) is 6.33. The third kappa shape index (κ3) is 4.67. The Bertz CT molecular complexity index is 912. The first-order valence-corrected chi connectivity index (χ1v) is 9.31. The summed E-state index contributed by atoms with van der Waals surface area (Å²) in [6, 6.07) is 3.82. The number of methoxy groups -OCH3 is 1. The minimum absolute atomic E-state index is 0.0168. The van der Waals surface area contributed by atoms with E-state index in [1.807, 2.05) is 6.92 Å². The Balaban J connectivity index is 1.83. The second-order valence-electron chi connectivity index (χ2n) is 6.33. The molecule has 1 fully saturated rings. The van der Waals surface area contributed by atoms with Crippen molar-refractivity contribution in [3.8, 4) is 11.5 Å². The van der Waals surface area contributed by atoms with Crippen molar-refractivity contribution >= 4 is 17.5 Å². The third-order valence-electron chi connectivity index (χ3n) is 4.53. The first-order valence-electron chi connectivity index (χ1n) is 9.31. The molecule has 1 aliphatic rings. The molecule has 2 aromatic rings. The molecule has 0 radical (unpaired) electrons. The van der Waals surface area contributed by atoms with E-state index >= 15 is 0 Å². The van der Waals surface area contributed by atoms with Crippen LogP contribution in [0, 0.1) is 0 Å². The molecule has 11 heteroatoms. The standard InChI is InChI=1S/C19H22F2N4O5/c1-3-25-16(18(27)24-6-8-29-9-7-24)13(11-22-25)23-17(26)12-4-5-14(30-19(20)21)15(10-12)28-2/h4-5,10-11,19H,3,6-9H2,1-2H3,(H,23,26). The van der Waals surface area contributed by atoms with Gasteiger partial charge in [-0.3, -0.25) is 14.3 Å². The molecule has 0 bridgehead atoms. The summed E-state index contributed by atoms with van der Waals surface area (Å²) in [4.78, 5) is 27.3. The van der Waals surface area contributed by atoms with E-state index in [2.05, 4.69) is 15.2 Å². The van der Waals surface area contributed by atoms with Crippen molar-refractivity contribution in [1.82, 2.24) is 14.7 Å². The summed E-state index contributed by atoms with van der Waals surface area (Å²) >= 11 is 0. The molecule has 0 atom stereocenters. The van der Waals surface area contributed by atoms with E-state index in [-0.39, 0.29) is 34.4 Å². The van der Waals surface area contributed by atoms with E-state index < -0.39 is 12.5 Å². The first kappa shape index (κ1) is 21.5. The molecule has 3 rings (SSSR count). The number of alkyl halides is 2. The van der Waals surface area contributed by atoms with Crippen LogP contribution in [0.5, 0.6) is 11.5 Å². The van der Waals surface area contributed by atoms with Gasteiger partial charge in [-0.15, -0.1) is 0 Å². The number of nitrogens with one attached hydrogen (secondary N) is 1. The molecule has 0 unspecified atom stereocenters. The molecule has 9 nitrogen and oxygen atoms in total. The van der Waals surface area contributed by atoms with Gasteiger partial charge in [0.25, 0.3) is 11.8 Å². The van der Waals surface area contributed by atoms with Crippen molar-refractivity contribution in [2.24, 2.45) is 0 Å². The number of rotatable bonds is 7. The predicted molar refractivity (Wildman–Crippen MR) is 102 cm³/mol. The molecule has 1 aliphatic heterocycles. The molecule has 162 valence electrons. The molecule has 0 aliphatic carbocycles. The summed E-state index contributed by atoms with van der Waals surface area (Å²) in [6.45, 7) is 1.04. The zero-order valence-corrected chi connectivity index (χ0v) is 16.6. The molecule has 1 aromatic carbocycles. The molecule has 0 spiro atoms. The van der Waals surface area contributed by atoms with Crippen molar-refractivity contribution in [1.29, 1.82) is 0 Å². The molecule has 2 amide bonds. The van der Waals surface area contributed by atoms with Crippen LogP contribution in [0.3, 0.4) is 0 Å². The molecule has 1 aromatic heterocycles. The second kappa shape index (κ2) is 9.53. The van der Waals surface area contributed by atoms with E-state index in [1.54, 1.807) is 4.90 Å². The van der Waals surface area contributed by atoms with Crippen LogP contribution in [0.1, 0.15) is 27.8 Å². The maximum Gasteiger partial charge on any atom is 0.387 e. The van der Waals surface area contributed by atoms with Crippen molar-refractivity contribution in [2.75, 3.05) is 38.7 Å². The number of aromatic nitrogens is 2. The van der Waals surface area contributed by atoms with Crippen LogP contribution in [0.25, 0.3) is 0 Å². The SMILES string of the molecule is CCn1ncc(NC(=O)c2ccc(OC(F)F)c(OC)c2)c1C(=O)N1CCOCC1. The number of nitrogens with zero attached hydrogens (tertiary/aromatic N) is 3. The summed E-state index contributed by atoms with van der Waals surface area (Å²) in [5.41, 5.74) is 0.657. The number of ether oxygens (including phenoxy) is 3. The van der Waals surface area contributed by atoms with Crippen LogP contribution >= 0.6 is 0 Å². The lowest BCUT2D eigenvalue weighted by Crippen LogP contribution is -2.41. The quantitative estimate of drug-likeness (QED) is 0.733. The largest absolute Gasteiger partial charge is 0.493 e. The summed E-state index contributed by atoms with van der Waals surface area (Å²) in [6.07, 6.45) is 1.40. The summed E-state index contributed by atoms with van der Waals surface area (Å²) in [5, 5.41) is 6.84. The van der Waals surface area contributed by atoms with Crippen LogP contribution in [-0.2, 0) is 11.3 Å². The number of benzene rings is 1. The Kier molecular flexibility index (Phi) is 6.83. The van der Waals surface area contributed by atoms with E-state index in [9.17, 15) is 18.4 Å².